The Kier molecular flexibility index (Phi) is 6.38. The Morgan fingerprint density at radius 1 is 1.04 bits per heavy atom. The molecule has 1 aromatic carbocycles. The first-order chi connectivity index (χ1) is 11.2. The number of amides is 1. The molecule has 0 atom stereocenters. The van der Waals surface area contributed by atoms with E-state index in [4.69, 9.17) is 14.2 Å². The number of nitrogens with one attached hydrogen (secondary N) is 2. The van der Waals surface area contributed by atoms with Gasteiger partial charge in [0.2, 0.25) is 11.7 Å². The van der Waals surface area contributed by atoms with Crippen molar-refractivity contribution in [2.24, 2.45) is 0 Å². The second-order valence-electron chi connectivity index (χ2n) is 5.67. The van der Waals surface area contributed by atoms with Gasteiger partial charge in [0.1, 0.15) is 0 Å². The van der Waals surface area contributed by atoms with E-state index in [1.54, 1.807) is 33.5 Å². The number of ether oxygens (including phenoxy) is 3. The van der Waals surface area contributed by atoms with Gasteiger partial charge >= 0.3 is 0 Å². The van der Waals surface area contributed by atoms with Crippen molar-refractivity contribution in [3.05, 3.63) is 12.1 Å². The molecule has 6 nitrogen and oxygen atoms in total. The standard InChI is InChI=1S/C17H26N2O4/c1-21-14-9-13(10-15(22-2)17(14)23-3)18-11-16(20)19-12-7-5-4-6-8-12/h9-10,12,18H,4-8,11H2,1-3H3,(H,19,20). The fourth-order valence-electron chi connectivity index (χ4n) is 2.89. The molecular weight excluding hydrogens is 296 g/mol. The van der Waals surface area contributed by atoms with Gasteiger partial charge in [0, 0.05) is 23.9 Å². The largest absolute Gasteiger partial charge is 0.493 e. The summed E-state index contributed by atoms with van der Waals surface area (Å²) in [5.41, 5.74) is 0.748. The predicted octanol–water partition coefficient (Wildman–Crippen LogP) is 2.57. The zero-order valence-corrected chi connectivity index (χ0v) is 14.1. The molecule has 6 heteroatoms. The molecule has 0 unspecified atom stereocenters. The highest BCUT2D eigenvalue weighted by atomic mass is 16.5. The molecule has 0 radical (unpaired) electrons. The van der Waals surface area contributed by atoms with E-state index in [0.717, 1.165) is 18.5 Å². The van der Waals surface area contributed by atoms with Crippen molar-refractivity contribution in [1.29, 1.82) is 0 Å². The molecule has 1 saturated carbocycles. The molecule has 0 spiro atoms. The Balaban J connectivity index is 1.95. The maximum atomic E-state index is 12.1. The second-order valence-corrected chi connectivity index (χ2v) is 5.67. The number of hydrogen-bond donors (Lipinski definition) is 2. The molecule has 1 aliphatic carbocycles. The summed E-state index contributed by atoms with van der Waals surface area (Å²) in [5.74, 6) is 1.65. The van der Waals surface area contributed by atoms with E-state index in [2.05, 4.69) is 10.6 Å². The number of anilines is 1. The third kappa shape index (κ3) is 4.68. The first kappa shape index (κ1) is 17.2. The van der Waals surface area contributed by atoms with Crippen LogP contribution in [0.3, 0.4) is 0 Å². The molecule has 0 heterocycles. The molecule has 1 aromatic rings. The van der Waals surface area contributed by atoms with Gasteiger partial charge in [-0.1, -0.05) is 19.3 Å². The molecule has 0 aliphatic heterocycles. The first-order valence-corrected chi connectivity index (χ1v) is 8.01. The summed E-state index contributed by atoms with van der Waals surface area (Å²) in [6, 6.07) is 3.89. The fourth-order valence-corrected chi connectivity index (χ4v) is 2.89. The average Bonchev–Trinajstić information content (AvgIpc) is 2.59. The van der Waals surface area contributed by atoms with Gasteiger partial charge in [-0.2, -0.15) is 0 Å². The molecule has 0 saturated heterocycles. The van der Waals surface area contributed by atoms with Gasteiger partial charge in [-0.3, -0.25) is 4.79 Å². The summed E-state index contributed by atoms with van der Waals surface area (Å²) in [6.45, 7) is 0.217. The minimum Gasteiger partial charge on any atom is -0.493 e. The number of rotatable bonds is 7. The van der Waals surface area contributed by atoms with Gasteiger partial charge in [0.15, 0.2) is 11.5 Å². The maximum Gasteiger partial charge on any atom is 0.239 e. The minimum absolute atomic E-state index is 0.00523. The van der Waals surface area contributed by atoms with Gasteiger partial charge in [0.05, 0.1) is 27.9 Å². The number of methoxy groups -OCH3 is 3. The summed E-state index contributed by atoms with van der Waals surface area (Å²) >= 11 is 0. The molecule has 1 fully saturated rings. The zero-order valence-electron chi connectivity index (χ0n) is 14.1. The summed E-state index contributed by atoms with van der Waals surface area (Å²) in [7, 11) is 4.69. The molecular formula is C17H26N2O4. The Morgan fingerprint density at radius 2 is 1.65 bits per heavy atom. The summed E-state index contributed by atoms with van der Waals surface area (Å²) < 4.78 is 15.9. The summed E-state index contributed by atoms with van der Waals surface area (Å²) in [6.07, 6.45) is 5.83. The number of carbonyl (C=O) groups is 1. The smallest absolute Gasteiger partial charge is 0.239 e. The van der Waals surface area contributed by atoms with E-state index in [1.807, 2.05) is 0 Å². The van der Waals surface area contributed by atoms with Crippen LogP contribution < -0.4 is 24.8 Å². The molecule has 1 amide bonds. The lowest BCUT2D eigenvalue weighted by molar-refractivity contribution is -0.120. The Hall–Kier alpha value is -2.11. The molecule has 23 heavy (non-hydrogen) atoms. The van der Waals surface area contributed by atoms with Crippen LogP contribution in [0.4, 0.5) is 5.69 Å². The normalized spacial score (nSPS) is 14.9. The van der Waals surface area contributed by atoms with Gasteiger partial charge in [-0.15, -0.1) is 0 Å². The highest BCUT2D eigenvalue weighted by Gasteiger charge is 2.16. The predicted molar refractivity (Wildman–Crippen MR) is 89.6 cm³/mol. The van der Waals surface area contributed by atoms with Crippen molar-refractivity contribution in [3.8, 4) is 17.2 Å². The number of carbonyl (C=O) groups excluding carboxylic acids is 1. The average molecular weight is 322 g/mol. The van der Waals surface area contributed by atoms with Gasteiger partial charge in [-0.05, 0) is 12.8 Å². The van der Waals surface area contributed by atoms with Gasteiger partial charge < -0.3 is 24.8 Å². The van der Waals surface area contributed by atoms with E-state index >= 15 is 0 Å². The fraction of sp³-hybridized carbons (Fsp3) is 0.588. The third-order valence-corrected chi connectivity index (χ3v) is 4.09. The topological polar surface area (TPSA) is 68.8 Å². The van der Waals surface area contributed by atoms with Crippen molar-refractivity contribution in [2.45, 2.75) is 38.1 Å². The SMILES string of the molecule is COc1cc(NCC(=O)NC2CCCCC2)cc(OC)c1OC. The van der Waals surface area contributed by atoms with Crippen LogP contribution in [0.25, 0.3) is 0 Å². The van der Waals surface area contributed by atoms with Crippen molar-refractivity contribution >= 4 is 11.6 Å². The molecule has 2 rings (SSSR count). The van der Waals surface area contributed by atoms with Crippen molar-refractivity contribution in [1.82, 2.24) is 5.32 Å². The van der Waals surface area contributed by atoms with Crippen molar-refractivity contribution in [3.63, 3.8) is 0 Å². The van der Waals surface area contributed by atoms with E-state index in [-0.39, 0.29) is 12.5 Å². The van der Waals surface area contributed by atoms with Crippen LogP contribution in [0.5, 0.6) is 17.2 Å². The Bertz CT molecular complexity index is 502. The van der Waals surface area contributed by atoms with E-state index in [9.17, 15) is 4.79 Å². The van der Waals surface area contributed by atoms with Crippen LogP contribution in [-0.4, -0.2) is 39.8 Å². The highest BCUT2D eigenvalue weighted by molar-refractivity contribution is 5.81. The van der Waals surface area contributed by atoms with Crippen LogP contribution in [0, 0.1) is 0 Å². The van der Waals surface area contributed by atoms with Crippen LogP contribution >= 0.6 is 0 Å². The lowest BCUT2D eigenvalue weighted by Gasteiger charge is -2.23. The lowest BCUT2D eigenvalue weighted by atomic mass is 9.95. The van der Waals surface area contributed by atoms with E-state index < -0.39 is 0 Å². The van der Waals surface area contributed by atoms with Crippen LogP contribution in [0.1, 0.15) is 32.1 Å². The van der Waals surface area contributed by atoms with Gasteiger partial charge in [-0.25, -0.2) is 0 Å². The highest BCUT2D eigenvalue weighted by Crippen LogP contribution is 2.39. The second kappa shape index (κ2) is 8.50. The van der Waals surface area contributed by atoms with Crippen LogP contribution in [0.15, 0.2) is 12.1 Å². The number of hydrogen-bond acceptors (Lipinski definition) is 5. The zero-order chi connectivity index (χ0) is 16.7. The van der Waals surface area contributed by atoms with E-state index in [0.29, 0.717) is 23.3 Å². The maximum absolute atomic E-state index is 12.1. The Labute approximate surface area is 137 Å². The Morgan fingerprint density at radius 3 is 2.17 bits per heavy atom. The van der Waals surface area contributed by atoms with Crippen LogP contribution in [0.2, 0.25) is 0 Å². The number of benzene rings is 1. The van der Waals surface area contributed by atoms with Gasteiger partial charge in [0.25, 0.3) is 0 Å². The van der Waals surface area contributed by atoms with Crippen LogP contribution in [-0.2, 0) is 4.79 Å². The molecule has 1 aliphatic rings. The quantitative estimate of drug-likeness (QED) is 0.807. The third-order valence-electron chi connectivity index (χ3n) is 4.09. The molecule has 128 valence electrons. The van der Waals surface area contributed by atoms with Crippen molar-refractivity contribution in [2.75, 3.05) is 33.2 Å². The lowest BCUT2D eigenvalue weighted by Crippen LogP contribution is -2.39. The molecule has 0 bridgehead atoms. The minimum atomic E-state index is 0.00523. The summed E-state index contributed by atoms with van der Waals surface area (Å²) in [5, 5.41) is 6.19. The molecule has 0 aromatic heterocycles. The summed E-state index contributed by atoms with van der Waals surface area (Å²) in [4.78, 5) is 12.1. The van der Waals surface area contributed by atoms with Crippen molar-refractivity contribution < 1.29 is 19.0 Å². The van der Waals surface area contributed by atoms with E-state index in [1.165, 1.54) is 19.3 Å². The molecule has 2 N–H and O–H groups in total. The first-order valence-electron chi connectivity index (χ1n) is 8.01. The monoisotopic (exact) mass is 322 g/mol.